The number of nitrogens with two attached hydrogens (primary N) is 1. The Morgan fingerprint density at radius 1 is 1.53 bits per heavy atom. The largest absolute Gasteiger partial charge is 0.493 e. The van der Waals surface area contributed by atoms with Crippen molar-refractivity contribution in [3.05, 3.63) is 22.7 Å². The summed E-state index contributed by atoms with van der Waals surface area (Å²) in [6.07, 6.45) is -0.639. The van der Waals surface area contributed by atoms with Crippen LogP contribution in [0.4, 0.5) is 0 Å². The molecule has 0 aliphatic heterocycles. The molecule has 0 aromatic heterocycles. The lowest BCUT2D eigenvalue weighted by atomic mass is 10.2. The van der Waals surface area contributed by atoms with Gasteiger partial charge in [-0.3, -0.25) is 4.79 Å². The summed E-state index contributed by atoms with van der Waals surface area (Å²) >= 11 is 5.96. The minimum Gasteiger partial charge on any atom is -0.493 e. The van der Waals surface area contributed by atoms with Gasteiger partial charge in [0.25, 0.3) is 5.91 Å². The number of rotatable bonds is 6. The van der Waals surface area contributed by atoms with Crippen LogP contribution in [0.25, 0.3) is 0 Å². The van der Waals surface area contributed by atoms with Crippen molar-refractivity contribution >= 4 is 17.5 Å². The molecule has 0 spiro atoms. The second-order valence-electron chi connectivity index (χ2n) is 3.96. The Labute approximate surface area is 118 Å². The van der Waals surface area contributed by atoms with Crippen LogP contribution in [-0.2, 0) is 11.3 Å². The van der Waals surface area contributed by atoms with Crippen LogP contribution < -0.4 is 20.5 Å². The zero-order valence-corrected chi connectivity index (χ0v) is 12.1. The second-order valence-corrected chi connectivity index (χ2v) is 4.39. The Balaban J connectivity index is 3.01. The van der Waals surface area contributed by atoms with E-state index in [-0.39, 0.29) is 12.5 Å². The number of carbonyl (C=O) groups excluding carboxylic acids is 1. The summed E-state index contributed by atoms with van der Waals surface area (Å²) < 4.78 is 10.9. The minimum absolute atomic E-state index is 0.192. The molecule has 0 saturated carbocycles. The molecule has 1 aromatic rings. The van der Waals surface area contributed by atoms with E-state index in [1.807, 2.05) is 6.92 Å². The normalized spacial score (nSPS) is 11.8. The molecule has 1 amide bonds. The van der Waals surface area contributed by atoms with Crippen LogP contribution in [-0.4, -0.2) is 25.7 Å². The van der Waals surface area contributed by atoms with Crippen molar-refractivity contribution in [1.29, 1.82) is 0 Å². The number of hydrogen-bond acceptors (Lipinski definition) is 4. The van der Waals surface area contributed by atoms with E-state index in [1.165, 1.54) is 7.11 Å². The Kier molecular flexibility index (Phi) is 5.92. The predicted octanol–water partition coefficient (Wildman–Crippen LogP) is 1.71. The number of halogens is 1. The first kappa shape index (κ1) is 15.6. The lowest BCUT2D eigenvalue weighted by Crippen LogP contribution is -2.36. The molecule has 0 radical (unpaired) electrons. The standard InChI is InChI=1S/C13H19ClN2O3/c1-4-16-13(17)8(2)19-12-9(7-15)5-10(14)6-11(12)18-3/h5-6,8H,4,7,15H2,1-3H3,(H,16,17). The Hall–Kier alpha value is -1.46. The zero-order valence-electron chi connectivity index (χ0n) is 11.3. The number of methoxy groups -OCH3 is 1. The first-order chi connectivity index (χ1) is 9.03. The maximum Gasteiger partial charge on any atom is 0.260 e. The predicted molar refractivity (Wildman–Crippen MR) is 74.7 cm³/mol. The third kappa shape index (κ3) is 4.01. The quantitative estimate of drug-likeness (QED) is 0.835. The van der Waals surface area contributed by atoms with Gasteiger partial charge in [-0.1, -0.05) is 11.6 Å². The van der Waals surface area contributed by atoms with E-state index in [1.54, 1.807) is 19.1 Å². The number of benzene rings is 1. The Bertz CT molecular complexity index is 427. The number of amides is 1. The van der Waals surface area contributed by atoms with Gasteiger partial charge in [0.05, 0.1) is 7.11 Å². The zero-order chi connectivity index (χ0) is 14.4. The van der Waals surface area contributed by atoms with Gasteiger partial charge in [0.15, 0.2) is 17.6 Å². The van der Waals surface area contributed by atoms with E-state index in [0.717, 1.165) is 0 Å². The molecular formula is C13H19ClN2O3. The van der Waals surface area contributed by atoms with Crippen LogP contribution in [0.3, 0.4) is 0 Å². The molecule has 1 atom stereocenters. The monoisotopic (exact) mass is 286 g/mol. The molecule has 3 N–H and O–H groups in total. The van der Waals surface area contributed by atoms with E-state index in [4.69, 9.17) is 26.8 Å². The fourth-order valence-electron chi connectivity index (χ4n) is 1.61. The number of nitrogens with one attached hydrogen (secondary N) is 1. The highest BCUT2D eigenvalue weighted by molar-refractivity contribution is 6.30. The average molecular weight is 287 g/mol. The third-order valence-corrected chi connectivity index (χ3v) is 2.77. The van der Waals surface area contributed by atoms with E-state index in [2.05, 4.69) is 5.32 Å². The first-order valence-corrected chi connectivity index (χ1v) is 6.42. The molecule has 0 fully saturated rings. The lowest BCUT2D eigenvalue weighted by Gasteiger charge is -2.19. The summed E-state index contributed by atoms with van der Waals surface area (Å²) in [5.41, 5.74) is 6.35. The van der Waals surface area contributed by atoms with Crippen LogP contribution in [0.15, 0.2) is 12.1 Å². The summed E-state index contributed by atoms with van der Waals surface area (Å²) in [4.78, 5) is 11.7. The summed E-state index contributed by atoms with van der Waals surface area (Å²) in [6.45, 7) is 4.31. The molecule has 0 bridgehead atoms. The van der Waals surface area contributed by atoms with Crippen molar-refractivity contribution in [2.24, 2.45) is 5.73 Å². The van der Waals surface area contributed by atoms with Gasteiger partial charge in [-0.25, -0.2) is 0 Å². The van der Waals surface area contributed by atoms with Gasteiger partial charge in [0.1, 0.15) is 0 Å². The lowest BCUT2D eigenvalue weighted by molar-refractivity contribution is -0.127. The first-order valence-electron chi connectivity index (χ1n) is 6.04. The minimum atomic E-state index is -0.639. The number of hydrogen-bond donors (Lipinski definition) is 2. The third-order valence-electron chi connectivity index (χ3n) is 2.55. The number of ether oxygens (including phenoxy) is 2. The molecule has 0 saturated heterocycles. The van der Waals surface area contributed by atoms with Crippen LogP contribution in [0.2, 0.25) is 5.02 Å². The molecule has 0 aliphatic carbocycles. The summed E-state index contributed by atoms with van der Waals surface area (Å²) in [5.74, 6) is 0.722. The SMILES string of the molecule is CCNC(=O)C(C)Oc1c(CN)cc(Cl)cc1OC. The van der Waals surface area contributed by atoms with Gasteiger partial charge >= 0.3 is 0 Å². The molecule has 1 aromatic carbocycles. The smallest absolute Gasteiger partial charge is 0.260 e. The van der Waals surface area contributed by atoms with Gasteiger partial charge in [0, 0.05) is 29.7 Å². The van der Waals surface area contributed by atoms with Gasteiger partial charge in [0.2, 0.25) is 0 Å². The molecule has 19 heavy (non-hydrogen) atoms. The fraction of sp³-hybridized carbons (Fsp3) is 0.462. The highest BCUT2D eigenvalue weighted by Gasteiger charge is 2.19. The maximum absolute atomic E-state index is 11.7. The van der Waals surface area contributed by atoms with Gasteiger partial charge in [-0.2, -0.15) is 0 Å². The van der Waals surface area contributed by atoms with Crippen molar-refractivity contribution in [3.63, 3.8) is 0 Å². The van der Waals surface area contributed by atoms with E-state index < -0.39 is 6.10 Å². The van der Waals surface area contributed by atoms with Gasteiger partial charge < -0.3 is 20.5 Å². The Morgan fingerprint density at radius 3 is 2.74 bits per heavy atom. The molecule has 1 rings (SSSR count). The molecule has 106 valence electrons. The van der Waals surface area contributed by atoms with Crippen molar-refractivity contribution in [3.8, 4) is 11.5 Å². The van der Waals surface area contributed by atoms with E-state index >= 15 is 0 Å². The van der Waals surface area contributed by atoms with Crippen LogP contribution in [0.5, 0.6) is 11.5 Å². The topological polar surface area (TPSA) is 73.6 Å². The molecule has 0 heterocycles. The van der Waals surface area contributed by atoms with Crippen molar-refractivity contribution in [1.82, 2.24) is 5.32 Å². The summed E-state index contributed by atoms with van der Waals surface area (Å²) in [6, 6.07) is 3.32. The van der Waals surface area contributed by atoms with Gasteiger partial charge in [-0.05, 0) is 19.9 Å². The number of likely N-dealkylation sites (N-methyl/N-ethyl adjacent to an activating group) is 1. The molecule has 5 nitrogen and oxygen atoms in total. The number of carbonyl (C=O) groups is 1. The second kappa shape index (κ2) is 7.21. The highest BCUT2D eigenvalue weighted by atomic mass is 35.5. The van der Waals surface area contributed by atoms with Crippen molar-refractivity contribution in [2.75, 3.05) is 13.7 Å². The van der Waals surface area contributed by atoms with Crippen LogP contribution in [0, 0.1) is 0 Å². The van der Waals surface area contributed by atoms with Gasteiger partial charge in [-0.15, -0.1) is 0 Å². The fourth-order valence-corrected chi connectivity index (χ4v) is 1.84. The maximum atomic E-state index is 11.7. The highest BCUT2D eigenvalue weighted by Crippen LogP contribution is 2.35. The molecule has 1 unspecified atom stereocenters. The van der Waals surface area contributed by atoms with Crippen LogP contribution >= 0.6 is 11.6 Å². The van der Waals surface area contributed by atoms with Crippen LogP contribution in [0.1, 0.15) is 19.4 Å². The van der Waals surface area contributed by atoms with E-state index in [9.17, 15) is 4.79 Å². The Morgan fingerprint density at radius 2 is 2.21 bits per heavy atom. The summed E-state index contributed by atoms with van der Waals surface area (Å²) in [5, 5.41) is 3.20. The molecule has 6 heteroatoms. The van der Waals surface area contributed by atoms with Crippen molar-refractivity contribution < 1.29 is 14.3 Å². The average Bonchev–Trinajstić information content (AvgIpc) is 2.40. The molecule has 0 aliphatic rings. The van der Waals surface area contributed by atoms with E-state index in [0.29, 0.717) is 28.6 Å². The summed E-state index contributed by atoms with van der Waals surface area (Å²) in [7, 11) is 1.51. The van der Waals surface area contributed by atoms with Crippen molar-refractivity contribution in [2.45, 2.75) is 26.5 Å². The molecular weight excluding hydrogens is 268 g/mol.